The van der Waals surface area contributed by atoms with Gasteiger partial charge in [-0.1, -0.05) is 55.6 Å². The molecule has 0 bridgehead atoms. The number of carbonyl (C=O) groups is 1. The average Bonchev–Trinajstić information content (AvgIpc) is 2.68. The van der Waals surface area contributed by atoms with Crippen LogP contribution in [0.3, 0.4) is 0 Å². The number of Topliss-reactive ketones (excluding diaryl/α,β-unsaturated/α-hetero) is 1. The number of ketones is 1. The van der Waals surface area contributed by atoms with Crippen molar-refractivity contribution in [1.29, 1.82) is 0 Å². The van der Waals surface area contributed by atoms with Crippen molar-refractivity contribution in [3.8, 4) is 0 Å². The molecule has 8 heteroatoms. The van der Waals surface area contributed by atoms with Gasteiger partial charge in [-0.3, -0.25) is 4.79 Å². The molecule has 0 spiro atoms. The summed E-state index contributed by atoms with van der Waals surface area (Å²) in [6.45, 7) is 5.30. The summed E-state index contributed by atoms with van der Waals surface area (Å²) in [6.07, 6.45) is 2.67. The Morgan fingerprint density at radius 1 is 1.28 bits per heavy atom. The summed E-state index contributed by atoms with van der Waals surface area (Å²) in [5, 5.41) is 2.86. The quantitative estimate of drug-likeness (QED) is 0.797. The number of hydrogen-bond donors (Lipinski definition) is 0. The average molecular weight is 333 g/mol. The molecule has 2 atom stereocenters. The minimum atomic E-state index is -1.78. The Balaban J connectivity index is 3.17. The molecule has 0 aromatic carbocycles. The lowest BCUT2D eigenvalue weighted by Crippen LogP contribution is -2.41. The molecule has 0 aliphatic rings. The molecule has 102 valence electrons. The lowest BCUT2D eigenvalue weighted by molar-refractivity contribution is -0.130. The van der Waals surface area contributed by atoms with E-state index < -0.39 is 20.6 Å². The largest absolute Gasteiger partial charge is 0.297 e. The molecule has 0 saturated carbocycles. The van der Waals surface area contributed by atoms with Gasteiger partial charge in [0.15, 0.2) is 5.78 Å². The van der Waals surface area contributed by atoms with Gasteiger partial charge in [0, 0.05) is 5.41 Å². The normalized spacial score (nSPS) is 16.4. The highest BCUT2D eigenvalue weighted by Gasteiger charge is 2.45. The van der Waals surface area contributed by atoms with Gasteiger partial charge in [0.05, 0.1) is 0 Å². The van der Waals surface area contributed by atoms with Crippen LogP contribution in [0.15, 0.2) is 12.7 Å². The fourth-order valence-corrected chi connectivity index (χ4v) is 1.96. The zero-order valence-corrected chi connectivity index (χ0v) is 13.1. The van der Waals surface area contributed by atoms with Gasteiger partial charge in [0.1, 0.15) is 24.1 Å². The summed E-state index contributed by atoms with van der Waals surface area (Å²) in [5.74, 6) is -0.181. The fourth-order valence-electron chi connectivity index (χ4n) is 1.37. The zero-order chi connectivity index (χ0) is 14.1. The summed E-state index contributed by atoms with van der Waals surface area (Å²) in [6, 6.07) is -0.887. The van der Waals surface area contributed by atoms with E-state index in [9.17, 15) is 4.79 Å². The molecular weight excluding hydrogens is 320 g/mol. The van der Waals surface area contributed by atoms with Crippen molar-refractivity contribution >= 4 is 52.2 Å². The van der Waals surface area contributed by atoms with E-state index in [0.717, 1.165) is 0 Å². The van der Waals surface area contributed by atoms with E-state index in [1.54, 1.807) is 20.8 Å². The molecule has 0 aliphatic carbocycles. The first-order valence-corrected chi connectivity index (χ1v) is 6.71. The Labute approximate surface area is 126 Å². The molecular formula is C10H13Cl4N3O. The van der Waals surface area contributed by atoms with Crippen LogP contribution in [0.5, 0.6) is 0 Å². The van der Waals surface area contributed by atoms with E-state index in [1.165, 1.54) is 17.3 Å². The van der Waals surface area contributed by atoms with Gasteiger partial charge in [-0.25, -0.2) is 9.67 Å². The van der Waals surface area contributed by atoms with Gasteiger partial charge in [-0.2, -0.15) is 5.10 Å². The van der Waals surface area contributed by atoms with Crippen LogP contribution in [-0.4, -0.2) is 29.7 Å². The number of halogens is 4. The van der Waals surface area contributed by atoms with Crippen LogP contribution in [0.2, 0.25) is 0 Å². The predicted octanol–water partition coefficient (Wildman–Crippen LogP) is 3.41. The van der Waals surface area contributed by atoms with E-state index in [-0.39, 0.29) is 5.78 Å². The third kappa shape index (κ3) is 3.73. The van der Waals surface area contributed by atoms with Crippen molar-refractivity contribution in [1.82, 2.24) is 14.8 Å². The second-order valence-corrected chi connectivity index (χ2v) is 7.72. The fraction of sp³-hybridized carbons (Fsp3) is 0.700. The third-order valence-electron chi connectivity index (χ3n) is 2.32. The summed E-state index contributed by atoms with van der Waals surface area (Å²) in [5.41, 5.74) is -0.639. The predicted molar refractivity (Wildman–Crippen MR) is 73.5 cm³/mol. The van der Waals surface area contributed by atoms with Crippen LogP contribution >= 0.6 is 46.4 Å². The Morgan fingerprint density at radius 2 is 1.83 bits per heavy atom. The first-order valence-electron chi connectivity index (χ1n) is 5.14. The number of carbonyl (C=O) groups excluding carboxylic acids is 1. The maximum atomic E-state index is 12.4. The van der Waals surface area contributed by atoms with Crippen LogP contribution in [0.1, 0.15) is 26.8 Å². The lowest BCUT2D eigenvalue weighted by atomic mass is 9.85. The van der Waals surface area contributed by atoms with Crippen molar-refractivity contribution < 1.29 is 4.79 Å². The molecule has 2 unspecified atom stereocenters. The van der Waals surface area contributed by atoms with Crippen molar-refractivity contribution in [3.05, 3.63) is 12.7 Å². The first kappa shape index (κ1) is 16.0. The highest BCUT2D eigenvalue weighted by molar-refractivity contribution is 6.70. The number of hydrogen-bond acceptors (Lipinski definition) is 3. The maximum Gasteiger partial charge on any atom is 0.209 e. The number of alkyl halides is 4. The third-order valence-corrected chi connectivity index (χ3v) is 3.93. The highest BCUT2D eigenvalue weighted by Crippen LogP contribution is 2.41. The zero-order valence-electron chi connectivity index (χ0n) is 10.1. The van der Waals surface area contributed by atoms with Gasteiger partial charge in [-0.15, -0.1) is 11.6 Å². The topological polar surface area (TPSA) is 47.8 Å². The maximum absolute atomic E-state index is 12.4. The second-order valence-electron chi connectivity index (χ2n) is 4.88. The van der Waals surface area contributed by atoms with Crippen LogP contribution in [0.25, 0.3) is 0 Å². The summed E-state index contributed by atoms with van der Waals surface area (Å²) < 4.78 is -0.466. The summed E-state index contributed by atoms with van der Waals surface area (Å²) in [4.78, 5) is 16.2. The van der Waals surface area contributed by atoms with Gasteiger partial charge in [0.25, 0.3) is 0 Å². The first-order chi connectivity index (χ1) is 8.05. The van der Waals surface area contributed by atoms with Crippen LogP contribution in [-0.2, 0) is 4.79 Å². The van der Waals surface area contributed by atoms with E-state index in [4.69, 9.17) is 46.4 Å². The smallest absolute Gasteiger partial charge is 0.209 e. The Bertz CT molecular complexity index is 408. The van der Waals surface area contributed by atoms with Crippen molar-refractivity contribution in [2.24, 2.45) is 5.41 Å². The molecule has 1 rings (SSSR count). The van der Waals surface area contributed by atoms with Crippen molar-refractivity contribution in [3.63, 3.8) is 0 Å². The molecule has 1 aromatic heterocycles. The van der Waals surface area contributed by atoms with Crippen LogP contribution in [0.4, 0.5) is 0 Å². The van der Waals surface area contributed by atoms with Crippen LogP contribution < -0.4 is 0 Å². The molecule has 18 heavy (non-hydrogen) atoms. The van der Waals surface area contributed by atoms with E-state index in [0.29, 0.717) is 0 Å². The number of rotatable bonds is 3. The SMILES string of the molecule is CC(C)(C)C(=O)C(C(Cl)C(Cl)(Cl)Cl)n1cncn1. The van der Waals surface area contributed by atoms with E-state index in [2.05, 4.69) is 10.1 Å². The molecule has 0 aliphatic heterocycles. The van der Waals surface area contributed by atoms with Crippen molar-refractivity contribution in [2.45, 2.75) is 36.0 Å². The molecule has 1 heterocycles. The Kier molecular flexibility index (Phi) is 4.93. The number of nitrogens with zero attached hydrogens (tertiary/aromatic N) is 3. The molecule has 4 nitrogen and oxygen atoms in total. The van der Waals surface area contributed by atoms with Gasteiger partial charge in [0.2, 0.25) is 3.79 Å². The minimum absolute atomic E-state index is 0.181. The molecule has 0 radical (unpaired) electrons. The van der Waals surface area contributed by atoms with Crippen molar-refractivity contribution in [2.75, 3.05) is 0 Å². The summed E-state index contributed by atoms with van der Waals surface area (Å²) >= 11 is 23.4. The van der Waals surface area contributed by atoms with Gasteiger partial charge < -0.3 is 0 Å². The summed E-state index contributed by atoms with van der Waals surface area (Å²) in [7, 11) is 0. The van der Waals surface area contributed by atoms with Gasteiger partial charge in [-0.05, 0) is 0 Å². The highest BCUT2D eigenvalue weighted by atomic mass is 35.6. The Morgan fingerprint density at radius 3 is 2.17 bits per heavy atom. The van der Waals surface area contributed by atoms with E-state index >= 15 is 0 Å². The second kappa shape index (κ2) is 5.53. The minimum Gasteiger partial charge on any atom is -0.297 e. The van der Waals surface area contributed by atoms with Gasteiger partial charge >= 0.3 is 0 Å². The standard InChI is InChI=1S/C10H13Cl4N3O/c1-9(2,3)8(18)6(7(11)10(12,13)14)17-5-15-4-16-17/h4-7H,1-3H3. The van der Waals surface area contributed by atoms with Crippen LogP contribution in [0, 0.1) is 5.41 Å². The molecule has 0 amide bonds. The number of aromatic nitrogens is 3. The molecule has 1 aromatic rings. The lowest BCUT2D eigenvalue weighted by Gasteiger charge is -2.30. The molecule has 0 fully saturated rings. The van der Waals surface area contributed by atoms with E-state index in [1.807, 2.05) is 0 Å². The molecule has 0 N–H and O–H groups in total. The Hall–Kier alpha value is -0.0300. The molecule has 0 saturated heterocycles. The monoisotopic (exact) mass is 331 g/mol.